The highest BCUT2D eigenvalue weighted by molar-refractivity contribution is 5.84. The van der Waals surface area contributed by atoms with Gasteiger partial charge in [-0.1, -0.05) is 51.1 Å². The van der Waals surface area contributed by atoms with Crippen molar-refractivity contribution in [2.45, 2.75) is 39.8 Å². The average molecular weight is 397 g/mol. The highest BCUT2D eigenvalue weighted by Crippen LogP contribution is 2.32. The van der Waals surface area contributed by atoms with Crippen molar-refractivity contribution in [3.05, 3.63) is 59.9 Å². The van der Waals surface area contributed by atoms with Crippen molar-refractivity contribution in [1.82, 2.24) is 19.7 Å². The van der Waals surface area contributed by atoms with Crippen molar-refractivity contribution >= 4 is 11.9 Å². The largest absolute Gasteiger partial charge is 0.348 e. The number of rotatable bonds is 7. The molecule has 1 aliphatic heterocycles. The molecule has 156 valence electrons. The number of fused-ring (bicyclic) bond motifs is 1. The van der Waals surface area contributed by atoms with Crippen molar-refractivity contribution in [2.75, 3.05) is 26.2 Å². The maximum Gasteiger partial charge on any atom is 0.317 e. The highest BCUT2D eigenvalue weighted by atomic mass is 16.2. The molecule has 6 nitrogen and oxygen atoms in total. The summed E-state index contributed by atoms with van der Waals surface area (Å²) >= 11 is 0. The molecule has 0 aliphatic carbocycles. The predicted octanol–water partition coefficient (Wildman–Crippen LogP) is 3.50. The molecular formula is C23H32N4O2. The number of nitrogens with zero attached hydrogens (tertiary/aromatic N) is 3. The number of carbonyl (C=O) groups excluding carboxylic acids is 2. The van der Waals surface area contributed by atoms with Gasteiger partial charge >= 0.3 is 6.03 Å². The first-order valence-electron chi connectivity index (χ1n) is 10.5. The number of nitrogens with one attached hydrogen (secondary N) is 1. The summed E-state index contributed by atoms with van der Waals surface area (Å²) in [5.74, 6) is 0.275. The van der Waals surface area contributed by atoms with E-state index in [1.807, 2.05) is 36.1 Å². The van der Waals surface area contributed by atoms with Crippen molar-refractivity contribution in [2.24, 2.45) is 5.92 Å². The van der Waals surface area contributed by atoms with Crippen molar-refractivity contribution in [3.63, 3.8) is 0 Å². The Morgan fingerprint density at radius 1 is 1.14 bits per heavy atom. The third-order valence-corrected chi connectivity index (χ3v) is 5.20. The van der Waals surface area contributed by atoms with Crippen LogP contribution in [-0.2, 0) is 11.3 Å². The third kappa shape index (κ3) is 5.00. The van der Waals surface area contributed by atoms with E-state index in [-0.39, 0.29) is 24.5 Å². The molecule has 2 heterocycles. The van der Waals surface area contributed by atoms with E-state index in [0.29, 0.717) is 25.6 Å². The summed E-state index contributed by atoms with van der Waals surface area (Å²) in [7, 11) is 0. The average Bonchev–Trinajstić information content (AvgIpc) is 3.19. The van der Waals surface area contributed by atoms with Crippen LogP contribution >= 0.6 is 0 Å². The summed E-state index contributed by atoms with van der Waals surface area (Å²) in [6.07, 6.45) is 2.94. The number of urea groups is 1. The quantitative estimate of drug-likeness (QED) is 0.779. The zero-order valence-electron chi connectivity index (χ0n) is 17.7. The zero-order chi connectivity index (χ0) is 20.8. The first-order chi connectivity index (χ1) is 14.0. The lowest BCUT2D eigenvalue weighted by Gasteiger charge is -2.38. The van der Waals surface area contributed by atoms with Gasteiger partial charge in [-0.25, -0.2) is 4.79 Å². The molecule has 1 aliphatic rings. The van der Waals surface area contributed by atoms with Gasteiger partial charge in [0.25, 0.3) is 0 Å². The van der Waals surface area contributed by atoms with E-state index in [4.69, 9.17) is 0 Å². The van der Waals surface area contributed by atoms with Crippen LogP contribution in [0.3, 0.4) is 0 Å². The molecule has 0 radical (unpaired) electrons. The van der Waals surface area contributed by atoms with Crippen LogP contribution in [0.1, 0.15) is 44.5 Å². The van der Waals surface area contributed by atoms with Crippen LogP contribution in [0, 0.1) is 5.92 Å². The van der Waals surface area contributed by atoms with Crippen molar-refractivity contribution in [3.8, 4) is 0 Å². The number of carbonyl (C=O) groups is 2. The molecule has 2 aromatic rings. The second-order valence-corrected chi connectivity index (χ2v) is 8.03. The van der Waals surface area contributed by atoms with Gasteiger partial charge in [0.1, 0.15) is 6.54 Å². The Morgan fingerprint density at radius 3 is 2.59 bits per heavy atom. The van der Waals surface area contributed by atoms with Gasteiger partial charge in [0, 0.05) is 38.1 Å². The smallest absolute Gasteiger partial charge is 0.317 e. The van der Waals surface area contributed by atoms with E-state index < -0.39 is 0 Å². The van der Waals surface area contributed by atoms with Gasteiger partial charge in [-0.05, 0) is 30.0 Å². The molecule has 0 saturated heterocycles. The molecule has 0 fully saturated rings. The number of hydrogen-bond acceptors (Lipinski definition) is 2. The van der Waals surface area contributed by atoms with Crippen LogP contribution in [0.25, 0.3) is 0 Å². The second-order valence-electron chi connectivity index (χ2n) is 8.03. The van der Waals surface area contributed by atoms with Crippen LogP contribution in [0.4, 0.5) is 4.79 Å². The lowest BCUT2D eigenvalue weighted by atomic mass is 10.00. The molecule has 1 aromatic heterocycles. The minimum absolute atomic E-state index is 0.0152. The van der Waals surface area contributed by atoms with Crippen LogP contribution in [0.2, 0.25) is 0 Å². The minimum atomic E-state index is -0.162. The predicted molar refractivity (Wildman–Crippen MR) is 115 cm³/mol. The Balaban J connectivity index is 1.83. The Bertz CT molecular complexity index is 815. The Morgan fingerprint density at radius 2 is 1.90 bits per heavy atom. The molecule has 6 heteroatoms. The lowest BCUT2D eigenvalue weighted by Crippen LogP contribution is -2.50. The van der Waals surface area contributed by atoms with Gasteiger partial charge in [0.05, 0.1) is 6.04 Å². The first-order valence-corrected chi connectivity index (χ1v) is 10.5. The van der Waals surface area contributed by atoms with Crippen LogP contribution in [0.15, 0.2) is 48.7 Å². The first kappa shape index (κ1) is 21.0. The van der Waals surface area contributed by atoms with Crippen molar-refractivity contribution < 1.29 is 9.59 Å². The summed E-state index contributed by atoms with van der Waals surface area (Å²) in [5.41, 5.74) is 2.20. The van der Waals surface area contributed by atoms with E-state index in [1.165, 1.54) is 0 Å². The fourth-order valence-corrected chi connectivity index (χ4v) is 3.90. The molecule has 0 spiro atoms. The monoisotopic (exact) mass is 396 g/mol. The molecule has 1 N–H and O–H groups in total. The SMILES string of the molecule is CCCNC(=O)N(CC(=O)N1CCn2cccc2[C@H]1c1ccccc1)CC(C)C. The normalized spacial score (nSPS) is 15.9. The summed E-state index contributed by atoms with van der Waals surface area (Å²) in [6, 6.07) is 13.9. The van der Waals surface area contributed by atoms with Gasteiger partial charge in [-0.3, -0.25) is 4.79 Å². The van der Waals surface area contributed by atoms with Gasteiger partial charge < -0.3 is 19.7 Å². The summed E-state index contributed by atoms with van der Waals surface area (Å²) in [5, 5.41) is 2.91. The standard InChI is InChI=1S/C23H32N4O2/c1-4-12-24-23(29)26(16-18(2)3)17-21(28)27-15-14-25-13-8-11-20(25)22(27)19-9-6-5-7-10-19/h5-11,13,18,22H,4,12,14-17H2,1-3H3,(H,24,29)/t22-/m1/s1. The van der Waals surface area contributed by atoms with Gasteiger partial charge in [0.2, 0.25) is 5.91 Å². The Kier molecular flexibility index (Phi) is 6.96. The molecular weight excluding hydrogens is 364 g/mol. The zero-order valence-corrected chi connectivity index (χ0v) is 17.7. The van der Waals surface area contributed by atoms with Crippen LogP contribution in [0.5, 0.6) is 0 Å². The number of hydrogen-bond donors (Lipinski definition) is 1. The van der Waals surface area contributed by atoms with E-state index >= 15 is 0 Å². The van der Waals surface area contributed by atoms with Gasteiger partial charge in [-0.15, -0.1) is 0 Å². The summed E-state index contributed by atoms with van der Waals surface area (Å²) in [4.78, 5) is 29.6. The Hall–Kier alpha value is -2.76. The van der Waals surface area contributed by atoms with E-state index in [2.05, 4.69) is 48.1 Å². The molecule has 0 bridgehead atoms. The summed E-state index contributed by atoms with van der Waals surface area (Å²) in [6.45, 7) is 8.81. The lowest BCUT2D eigenvalue weighted by molar-refractivity contribution is -0.134. The summed E-state index contributed by atoms with van der Waals surface area (Å²) < 4.78 is 2.21. The number of aromatic nitrogens is 1. The molecule has 29 heavy (non-hydrogen) atoms. The van der Waals surface area contributed by atoms with Gasteiger partial charge in [0.15, 0.2) is 0 Å². The molecule has 0 unspecified atom stereocenters. The fourth-order valence-electron chi connectivity index (χ4n) is 3.90. The van der Waals surface area contributed by atoms with Crippen LogP contribution < -0.4 is 5.32 Å². The molecule has 3 rings (SSSR count). The second kappa shape index (κ2) is 9.63. The molecule has 1 aromatic carbocycles. The topological polar surface area (TPSA) is 57.6 Å². The number of benzene rings is 1. The van der Waals surface area contributed by atoms with Gasteiger partial charge in [-0.2, -0.15) is 0 Å². The highest BCUT2D eigenvalue weighted by Gasteiger charge is 2.33. The third-order valence-electron chi connectivity index (χ3n) is 5.20. The van der Waals surface area contributed by atoms with E-state index in [1.54, 1.807) is 4.90 Å². The Labute approximate surface area is 173 Å². The molecule has 1 atom stereocenters. The maximum absolute atomic E-state index is 13.4. The number of amides is 3. The van der Waals surface area contributed by atoms with E-state index in [0.717, 1.165) is 24.2 Å². The van der Waals surface area contributed by atoms with E-state index in [9.17, 15) is 9.59 Å². The molecule has 3 amide bonds. The molecule has 0 saturated carbocycles. The van der Waals surface area contributed by atoms with Crippen LogP contribution in [-0.4, -0.2) is 52.5 Å². The fraction of sp³-hybridized carbons (Fsp3) is 0.478. The minimum Gasteiger partial charge on any atom is -0.348 e. The van der Waals surface area contributed by atoms with Crippen molar-refractivity contribution in [1.29, 1.82) is 0 Å². The maximum atomic E-state index is 13.4.